The molecular formula is C12H8BrF2NO2S. The Kier molecular flexibility index (Phi) is 3.86. The zero-order chi connectivity index (χ0) is 14.0. The number of halogens is 3. The Labute approximate surface area is 117 Å². The van der Waals surface area contributed by atoms with Crippen LogP contribution in [0.1, 0.15) is 0 Å². The van der Waals surface area contributed by atoms with Crippen LogP contribution in [0.25, 0.3) is 0 Å². The quantitative estimate of drug-likeness (QED) is 0.923. The van der Waals surface area contributed by atoms with Gasteiger partial charge in [-0.3, -0.25) is 4.72 Å². The average molecular weight is 348 g/mol. The van der Waals surface area contributed by atoms with E-state index in [1.165, 1.54) is 18.2 Å². The Hall–Kier alpha value is -1.47. The largest absolute Gasteiger partial charge is 0.279 e. The molecule has 3 nitrogen and oxygen atoms in total. The summed E-state index contributed by atoms with van der Waals surface area (Å²) in [5.41, 5.74) is 0.0937. The first kappa shape index (κ1) is 14.0. The van der Waals surface area contributed by atoms with Crippen molar-refractivity contribution in [1.29, 1.82) is 0 Å². The number of anilines is 1. The van der Waals surface area contributed by atoms with E-state index in [-0.39, 0.29) is 15.1 Å². The second-order valence-electron chi connectivity index (χ2n) is 3.69. The van der Waals surface area contributed by atoms with Crippen LogP contribution in [-0.4, -0.2) is 8.42 Å². The number of rotatable bonds is 3. The lowest BCUT2D eigenvalue weighted by Gasteiger charge is -2.09. The summed E-state index contributed by atoms with van der Waals surface area (Å²) < 4.78 is 52.3. The molecule has 0 saturated carbocycles. The minimum absolute atomic E-state index is 0.0937. The van der Waals surface area contributed by atoms with Crippen molar-refractivity contribution in [3.63, 3.8) is 0 Å². The fraction of sp³-hybridized carbons (Fsp3) is 0. The molecule has 0 radical (unpaired) electrons. The highest BCUT2D eigenvalue weighted by atomic mass is 79.9. The Balaban J connectivity index is 2.38. The van der Waals surface area contributed by atoms with E-state index in [1.807, 2.05) is 0 Å². The Bertz CT molecular complexity index is 719. The van der Waals surface area contributed by atoms with Crippen LogP contribution >= 0.6 is 15.9 Å². The van der Waals surface area contributed by atoms with Crippen molar-refractivity contribution in [3.8, 4) is 0 Å². The minimum atomic E-state index is -3.91. The standard InChI is InChI=1S/C12H8BrF2NO2S/c13-11-7-9(15)4-5-12(11)19(17,18)16-10-3-1-2-8(14)6-10/h1-7,16H. The van der Waals surface area contributed by atoms with Gasteiger partial charge in [0, 0.05) is 4.47 Å². The maximum Gasteiger partial charge on any atom is 0.263 e. The van der Waals surface area contributed by atoms with Gasteiger partial charge in [0.05, 0.1) is 5.69 Å². The van der Waals surface area contributed by atoms with Gasteiger partial charge >= 0.3 is 0 Å². The van der Waals surface area contributed by atoms with Crippen molar-refractivity contribution in [1.82, 2.24) is 0 Å². The number of hydrogen-bond acceptors (Lipinski definition) is 2. The summed E-state index contributed by atoms with van der Waals surface area (Å²) >= 11 is 2.98. The molecule has 7 heteroatoms. The van der Waals surface area contributed by atoms with E-state index < -0.39 is 21.7 Å². The van der Waals surface area contributed by atoms with Crippen LogP contribution in [0.3, 0.4) is 0 Å². The summed E-state index contributed by atoms with van der Waals surface area (Å²) in [6.07, 6.45) is 0. The molecule has 2 rings (SSSR count). The van der Waals surface area contributed by atoms with Gasteiger partial charge < -0.3 is 0 Å². The molecule has 0 amide bonds. The minimum Gasteiger partial charge on any atom is -0.279 e. The van der Waals surface area contributed by atoms with Crippen LogP contribution in [0.15, 0.2) is 51.8 Å². The van der Waals surface area contributed by atoms with E-state index in [0.717, 1.165) is 24.3 Å². The number of hydrogen-bond donors (Lipinski definition) is 1. The van der Waals surface area contributed by atoms with Crippen molar-refractivity contribution < 1.29 is 17.2 Å². The first-order valence-corrected chi connectivity index (χ1v) is 7.39. The SMILES string of the molecule is O=S(=O)(Nc1cccc(F)c1)c1ccc(F)cc1Br. The number of nitrogens with one attached hydrogen (secondary N) is 1. The maximum absolute atomic E-state index is 13.0. The van der Waals surface area contributed by atoms with E-state index in [2.05, 4.69) is 20.7 Å². The molecule has 2 aromatic carbocycles. The van der Waals surface area contributed by atoms with Crippen molar-refractivity contribution in [2.24, 2.45) is 0 Å². The topological polar surface area (TPSA) is 46.2 Å². The van der Waals surface area contributed by atoms with E-state index >= 15 is 0 Å². The van der Waals surface area contributed by atoms with Gasteiger partial charge in [0.1, 0.15) is 16.5 Å². The van der Waals surface area contributed by atoms with Crippen molar-refractivity contribution in [3.05, 3.63) is 58.6 Å². The van der Waals surface area contributed by atoms with Crippen LogP contribution in [0.4, 0.5) is 14.5 Å². The van der Waals surface area contributed by atoms with Gasteiger partial charge in [0.2, 0.25) is 0 Å². The lowest BCUT2D eigenvalue weighted by molar-refractivity contribution is 0.598. The molecule has 1 N–H and O–H groups in total. The molecule has 0 spiro atoms. The summed E-state index contributed by atoms with van der Waals surface area (Å²) in [6, 6.07) is 8.25. The van der Waals surface area contributed by atoms with Crippen LogP contribution in [0, 0.1) is 11.6 Å². The third-order valence-electron chi connectivity index (χ3n) is 2.26. The third kappa shape index (κ3) is 3.30. The maximum atomic E-state index is 13.0. The molecule has 0 fully saturated rings. The summed E-state index contributed by atoms with van der Waals surface area (Å²) in [5, 5.41) is 0. The molecule has 0 aliphatic rings. The lowest BCUT2D eigenvalue weighted by atomic mass is 10.3. The van der Waals surface area contributed by atoms with Gasteiger partial charge in [-0.1, -0.05) is 6.07 Å². The molecule has 0 bridgehead atoms. The van der Waals surface area contributed by atoms with Gasteiger partial charge in [0.15, 0.2) is 0 Å². The second kappa shape index (κ2) is 5.26. The summed E-state index contributed by atoms with van der Waals surface area (Å²) in [4.78, 5) is -0.127. The highest BCUT2D eigenvalue weighted by Crippen LogP contribution is 2.25. The van der Waals surface area contributed by atoms with Gasteiger partial charge in [0.25, 0.3) is 10.0 Å². The smallest absolute Gasteiger partial charge is 0.263 e. The molecule has 0 heterocycles. The monoisotopic (exact) mass is 347 g/mol. The summed E-state index contributed by atoms with van der Waals surface area (Å²) in [5.74, 6) is -1.12. The fourth-order valence-electron chi connectivity index (χ4n) is 1.46. The number of sulfonamides is 1. The Morgan fingerprint density at radius 2 is 1.68 bits per heavy atom. The fourth-order valence-corrected chi connectivity index (χ4v) is 3.56. The van der Waals surface area contributed by atoms with Crippen molar-refractivity contribution >= 4 is 31.6 Å². The number of benzene rings is 2. The zero-order valence-corrected chi connectivity index (χ0v) is 11.8. The predicted molar refractivity (Wildman–Crippen MR) is 71.3 cm³/mol. The van der Waals surface area contributed by atoms with Crippen LogP contribution in [0.5, 0.6) is 0 Å². The molecule has 0 aliphatic carbocycles. The first-order chi connectivity index (χ1) is 8.88. The van der Waals surface area contributed by atoms with Gasteiger partial charge in [-0.15, -0.1) is 0 Å². The van der Waals surface area contributed by atoms with Crippen LogP contribution < -0.4 is 4.72 Å². The second-order valence-corrected chi connectivity index (χ2v) is 6.20. The summed E-state index contributed by atoms with van der Waals surface area (Å²) in [7, 11) is -3.91. The molecule has 0 saturated heterocycles. The molecule has 19 heavy (non-hydrogen) atoms. The molecule has 2 aromatic rings. The Morgan fingerprint density at radius 3 is 2.32 bits per heavy atom. The lowest BCUT2D eigenvalue weighted by Crippen LogP contribution is -2.13. The molecule has 0 aromatic heterocycles. The Morgan fingerprint density at radius 1 is 1.00 bits per heavy atom. The van der Waals surface area contributed by atoms with Crippen LogP contribution in [0.2, 0.25) is 0 Å². The van der Waals surface area contributed by atoms with Crippen molar-refractivity contribution in [2.45, 2.75) is 4.90 Å². The van der Waals surface area contributed by atoms with Crippen molar-refractivity contribution in [2.75, 3.05) is 4.72 Å². The predicted octanol–water partition coefficient (Wildman–Crippen LogP) is 3.53. The van der Waals surface area contributed by atoms with E-state index in [1.54, 1.807) is 0 Å². The molecule has 0 atom stereocenters. The van der Waals surface area contributed by atoms with Gasteiger partial charge in [-0.25, -0.2) is 17.2 Å². The van der Waals surface area contributed by atoms with Gasteiger partial charge in [-0.2, -0.15) is 0 Å². The highest BCUT2D eigenvalue weighted by molar-refractivity contribution is 9.10. The van der Waals surface area contributed by atoms with E-state index in [0.29, 0.717) is 0 Å². The van der Waals surface area contributed by atoms with E-state index in [4.69, 9.17) is 0 Å². The molecular weight excluding hydrogens is 340 g/mol. The van der Waals surface area contributed by atoms with Crippen LogP contribution in [-0.2, 0) is 10.0 Å². The average Bonchev–Trinajstić information content (AvgIpc) is 2.27. The molecule has 0 unspecified atom stereocenters. The third-order valence-corrected chi connectivity index (χ3v) is 4.62. The normalized spacial score (nSPS) is 11.3. The molecule has 0 aliphatic heterocycles. The summed E-state index contributed by atoms with van der Waals surface area (Å²) in [6.45, 7) is 0. The van der Waals surface area contributed by atoms with E-state index in [9.17, 15) is 17.2 Å². The van der Waals surface area contributed by atoms with Gasteiger partial charge in [-0.05, 0) is 52.3 Å². The zero-order valence-electron chi connectivity index (χ0n) is 9.40. The molecule has 100 valence electrons. The highest BCUT2D eigenvalue weighted by Gasteiger charge is 2.18. The first-order valence-electron chi connectivity index (χ1n) is 5.12.